The average molecular weight is 514 g/mol. The third-order valence-corrected chi connectivity index (χ3v) is 7.10. The number of hydrogen-bond acceptors (Lipinski definition) is 4. The van der Waals surface area contributed by atoms with Crippen LogP contribution in [0.2, 0.25) is 20.1 Å². The van der Waals surface area contributed by atoms with Crippen molar-refractivity contribution in [3.63, 3.8) is 0 Å². The summed E-state index contributed by atoms with van der Waals surface area (Å²) in [5.41, 5.74) is 0. The third-order valence-electron chi connectivity index (χ3n) is 2.88. The SMILES string of the molecule is CCCNS(=O)(=O)c1ccc(Cl)cc1Cl.O=S(=O)(Cl)c1ccc(Cl)cc1Cl. The fourth-order valence-corrected chi connectivity index (χ4v) is 5.34. The van der Waals surface area contributed by atoms with Gasteiger partial charge >= 0.3 is 0 Å². The Balaban J connectivity index is 0.000000277. The van der Waals surface area contributed by atoms with Crippen molar-refractivity contribution in [2.45, 2.75) is 23.1 Å². The van der Waals surface area contributed by atoms with Gasteiger partial charge in [0.25, 0.3) is 9.05 Å². The fraction of sp³-hybridized carbons (Fsp3) is 0.200. The molecule has 0 radical (unpaired) electrons. The van der Waals surface area contributed by atoms with Gasteiger partial charge in [-0.15, -0.1) is 0 Å². The fourth-order valence-electron chi connectivity index (χ4n) is 1.68. The van der Waals surface area contributed by atoms with E-state index in [9.17, 15) is 16.8 Å². The van der Waals surface area contributed by atoms with E-state index in [0.717, 1.165) is 6.42 Å². The first-order chi connectivity index (χ1) is 12.4. The summed E-state index contributed by atoms with van der Waals surface area (Å²) in [5, 5.41) is 0.933. The normalized spacial score (nSPS) is 11.6. The summed E-state index contributed by atoms with van der Waals surface area (Å²) in [5.74, 6) is 0. The van der Waals surface area contributed by atoms with Gasteiger partial charge in [0.05, 0.1) is 10.0 Å². The third kappa shape index (κ3) is 7.95. The molecule has 0 aliphatic heterocycles. The van der Waals surface area contributed by atoms with Crippen molar-refractivity contribution in [3.8, 4) is 0 Å². The number of halogens is 5. The first-order valence-corrected chi connectivity index (χ1v) is 12.5. The molecule has 12 heteroatoms. The molecule has 0 aromatic heterocycles. The van der Waals surface area contributed by atoms with Gasteiger partial charge in [-0.3, -0.25) is 0 Å². The summed E-state index contributed by atoms with van der Waals surface area (Å²) in [6, 6.07) is 8.27. The summed E-state index contributed by atoms with van der Waals surface area (Å²) in [6.07, 6.45) is 0.727. The molecule has 0 saturated carbocycles. The molecule has 0 fully saturated rings. The van der Waals surface area contributed by atoms with E-state index in [2.05, 4.69) is 4.72 Å². The van der Waals surface area contributed by atoms with Crippen LogP contribution in [0.25, 0.3) is 0 Å². The second-order valence-corrected chi connectivity index (χ2v) is 10.9. The summed E-state index contributed by atoms with van der Waals surface area (Å²) in [7, 11) is -2.22. The lowest BCUT2D eigenvalue weighted by molar-refractivity contribution is 0.581. The maximum absolute atomic E-state index is 11.7. The molecule has 0 amide bonds. The molecule has 0 unspecified atom stereocenters. The van der Waals surface area contributed by atoms with Crippen molar-refractivity contribution in [2.75, 3.05) is 6.54 Å². The standard InChI is InChI=1S/C9H11Cl2NO2S.C6H3Cl3O2S/c1-2-5-12-15(13,14)9-4-3-7(10)6-8(9)11;7-4-1-2-6(5(8)3-4)12(9,10)11/h3-4,6,12H,2,5H2,1H3;1-3H. The van der Waals surface area contributed by atoms with Crippen LogP contribution < -0.4 is 4.72 Å². The lowest BCUT2D eigenvalue weighted by atomic mass is 10.4. The van der Waals surface area contributed by atoms with Crippen molar-refractivity contribution in [2.24, 2.45) is 0 Å². The molecule has 0 heterocycles. The van der Waals surface area contributed by atoms with E-state index in [4.69, 9.17) is 57.1 Å². The molecule has 2 aromatic carbocycles. The Morgan fingerprint density at radius 1 is 0.815 bits per heavy atom. The van der Waals surface area contributed by atoms with Gasteiger partial charge in [0.2, 0.25) is 10.0 Å². The molecule has 2 rings (SSSR count). The zero-order valence-electron chi connectivity index (χ0n) is 13.7. The van der Waals surface area contributed by atoms with Crippen LogP contribution in [0.5, 0.6) is 0 Å². The molecule has 2 aromatic rings. The van der Waals surface area contributed by atoms with Crippen LogP contribution in [0.4, 0.5) is 0 Å². The average Bonchev–Trinajstić information content (AvgIpc) is 2.52. The Labute approximate surface area is 183 Å². The Kier molecular flexibility index (Phi) is 9.64. The van der Waals surface area contributed by atoms with Crippen LogP contribution in [0.3, 0.4) is 0 Å². The zero-order valence-corrected chi connectivity index (χ0v) is 19.1. The van der Waals surface area contributed by atoms with Gasteiger partial charge in [-0.1, -0.05) is 53.3 Å². The molecule has 0 saturated heterocycles. The van der Waals surface area contributed by atoms with E-state index in [1.807, 2.05) is 6.92 Å². The number of sulfonamides is 1. The summed E-state index contributed by atoms with van der Waals surface area (Å²) < 4.78 is 47.4. The van der Waals surface area contributed by atoms with E-state index < -0.39 is 19.1 Å². The van der Waals surface area contributed by atoms with Gasteiger partial charge in [-0.2, -0.15) is 0 Å². The van der Waals surface area contributed by atoms with E-state index in [0.29, 0.717) is 16.6 Å². The Bertz CT molecular complexity index is 1010. The van der Waals surface area contributed by atoms with Crippen LogP contribution in [0.15, 0.2) is 46.2 Å². The van der Waals surface area contributed by atoms with E-state index in [1.54, 1.807) is 0 Å². The lowest BCUT2D eigenvalue weighted by Gasteiger charge is -2.07. The highest BCUT2D eigenvalue weighted by Crippen LogP contribution is 2.27. The number of benzene rings is 2. The highest BCUT2D eigenvalue weighted by atomic mass is 35.7. The smallest absolute Gasteiger partial charge is 0.211 e. The Hall–Kier alpha value is -0.250. The van der Waals surface area contributed by atoms with Gasteiger partial charge in [0.1, 0.15) is 9.79 Å². The predicted molar refractivity (Wildman–Crippen MR) is 111 cm³/mol. The van der Waals surface area contributed by atoms with Crippen molar-refractivity contribution < 1.29 is 16.8 Å². The van der Waals surface area contributed by atoms with E-state index in [1.165, 1.54) is 36.4 Å². The Morgan fingerprint density at radius 2 is 1.26 bits per heavy atom. The van der Waals surface area contributed by atoms with Crippen LogP contribution >= 0.6 is 57.1 Å². The molecule has 0 aliphatic carbocycles. The minimum absolute atomic E-state index is 0.0255. The number of rotatable bonds is 5. The molecule has 0 bridgehead atoms. The van der Waals surface area contributed by atoms with Gasteiger partial charge in [-0.25, -0.2) is 21.6 Å². The molecule has 0 atom stereocenters. The first-order valence-electron chi connectivity index (χ1n) is 7.23. The van der Waals surface area contributed by atoms with Gasteiger partial charge in [0, 0.05) is 27.3 Å². The zero-order chi connectivity index (χ0) is 20.8. The predicted octanol–water partition coefficient (Wildman–Crippen LogP) is 5.60. The summed E-state index contributed by atoms with van der Waals surface area (Å²) >= 11 is 22.6. The van der Waals surface area contributed by atoms with E-state index >= 15 is 0 Å². The molecule has 27 heavy (non-hydrogen) atoms. The lowest BCUT2D eigenvalue weighted by Crippen LogP contribution is -2.24. The molecule has 1 N–H and O–H groups in total. The van der Waals surface area contributed by atoms with Crippen molar-refractivity contribution in [1.29, 1.82) is 0 Å². The first kappa shape index (κ1) is 24.8. The topological polar surface area (TPSA) is 80.3 Å². The number of nitrogens with one attached hydrogen (secondary N) is 1. The van der Waals surface area contributed by atoms with Gasteiger partial charge in [-0.05, 0) is 42.8 Å². The van der Waals surface area contributed by atoms with Crippen molar-refractivity contribution in [1.82, 2.24) is 4.72 Å². The molecular formula is C15H14Cl5NO4S2. The monoisotopic (exact) mass is 511 g/mol. The molecule has 0 spiro atoms. The second-order valence-electron chi connectivity index (χ2n) is 4.99. The Morgan fingerprint density at radius 3 is 1.63 bits per heavy atom. The molecule has 150 valence electrons. The quantitative estimate of drug-likeness (QED) is 0.528. The maximum Gasteiger partial charge on any atom is 0.262 e. The van der Waals surface area contributed by atoms with Crippen molar-refractivity contribution in [3.05, 3.63) is 56.5 Å². The van der Waals surface area contributed by atoms with E-state index in [-0.39, 0.29) is 19.8 Å². The molecular weight excluding hydrogens is 500 g/mol. The van der Waals surface area contributed by atoms with Gasteiger partial charge < -0.3 is 0 Å². The molecule has 0 aliphatic rings. The van der Waals surface area contributed by atoms with Gasteiger partial charge in [0.15, 0.2) is 0 Å². The van der Waals surface area contributed by atoms with Crippen LogP contribution in [0, 0.1) is 0 Å². The highest BCUT2D eigenvalue weighted by Gasteiger charge is 2.17. The largest absolute Gasteiger partial charge is 0.262 e. The molecule has 5 nitrogen and oxygen atoms in total. The maximum atomic E-state index is 11.7. The number of hydrogen-bond donors (Lipinski definition) is 1. The summed E-state index contributed by atoms with van der Waals surface area (Å²) in [6.45, 7) is 2.27. The van der Waals surface area contributed by atoms with Crippen LogP contribution in [0.1, 0.15) is 13.3 Å². The minimum Gasteiger partial charge on any atom is -0.211 e. The van der Waals surface area contributed by atoms with Crippen molar-refractivity contribution >= 4 is 76.2 Å². The summed E-state index contributed by atoms with van der Waals surface area (Å²) in [4.78, 5) is -0.0720. The minimum atomic E-state index is -3.77. The second kappa shape index (κ2) is 10.5. The highest BCUT2D eigenvalue weighted by molar-refractivity contribution is 8.13. The van der Waals surface area contributed by atoms with Crippen LogP contribution in [-0.2, 0) is 19.1 Å². The van der Waals surface area contributed by atoms with Crippen LogP contribution in [-0.4, -0.2) is 23.4 Å².